The van der Waals surface area contributed by atoms with E-state index in [-0.39, 0.29) is 11.6 Å². The van der Waals surface area contributed by atoms with E-state index in [9.17, 15) is 9.18 Å². The molecule has 0 atom stereocenters. The van der Waals surface area contributed by atoms with Crippen molar-refractivity contribution in [1.82, 2.24) is 0 Å². The molecule has 0 aromatic heterocycles. The van der Waals surface area contributed by atoms with Gasteiger partial charge in [0.2, 0.25) is 0 Å². The third kappa shape index (κ3) is 3.08. The lowest BCUT2D eigenvalue weighted by atomic mass is 10.2. The van der Waals surface area contributed by atoms with E-state index >= 15 is 0 Å². The molecule has 3 N–H and O–H groups in total. The van der Waals surface area contributed by atoms with Gasteiger partial charge < -0.3 is 15.8 Å². The third-order valence-electron chi connectivity index (χ3n) is 2.66. The monoisotopic (exact) mass is 338 g/mol. The van der Waals surface area contributed by atoms with Crippen molar-refractivity contribution in [2.45, 2.75) is 0 Å². The van der Waals surface area contributed by atoms with Gasteiger partial charge in [-0.2, -0.15) is 0 Å². The number of nitrogens with two attached hydrogens (primary N) is 1. The van der Waals surface area contributed by atoms with E-state index in [1.807, 2.05) is 0 Å². The quantitative estimate of drug-likeness (QED) is 0.842. The third-order valence-corrected chi connectivity index (χ3v) is 3.16. The molecule has 0 aliphatic heterocycles. The van der Waals surface area contributed by atoms with Crippen LogP contribution >= 0.6 is 15.9 Å². The first-order valence-electron chi connectivity index (χ1n) is 5.71. The number of halogens is 2. The number of carbonyl (C=O) groups excluding carboxylic acids is 1. The summed E-state index contributed by atoms with van der Waals surface area (Å²) >= 11 is 3.30. The molecule has 0 bridgehead atoms. The van der Waals surface area contributed by atoms with Crippen molar-refractivity contribution in [2.24, 2.45) is 0 Å². The maximum absolute atomic E-state index is 13.1. The number of carbonyl (C=O) groups is 1. The second-order valence-corrected chi connectivity index (χ2v) is 4.95. The molecule has 1 amide bonds. The van der Waals surface area contributed by atoms with Gasteiger partial charge in [-0.15, -0.1) is 0 Å². The second kappa shape index (κ2) is 5.92. The Morgan fingerprint density at radius 1 is 1.30 bits per heavy atom. The number of rotatable bonds is 3. The van der Waals surface area contributed by atoms with Crippen LogP contribution in [0.1, 0.15) is 10.4 Å². The molecule has 2 aromatic rings. The molecule has 104 valence electrons. The van der Waals surface area contributed by atoms with Gasteiger partial charge in [0.25, 0.3) is 5.91 Å². The maximum atomic E-state index is 13.1. The summed E-state index contributed by atoms with van der Waals surface area (Å²) in [5, 5.41) is 2.64. The molecule has 0 saturated heterocycles. The molecule has 0 heterocycles. The van der Waals surface area contributed by atoms with Gasteiger partial charge in [-0.3, -0.25) is 4.79 Å². The summed E-state index contributed by atoms with van der Waals surface area (Å²) < 4.78 is 19.0. The average molecular weight is 339 g/mol. The fourth-order valence-corrected chi connectivity index (χ4v) is 2.01. The highest BCUT2D eigenvalue weighted by atomic mass is 79.9. The van der Waals surface area contributed by atoms with Gasteiger partial charge in [-0.25, -0.2) is 4.39 Å². The van der Waals surface area contributed by atoms with Gasteiger partial charge in [-0.05, 0) is 36.4 Å². The van der Waals surface area contributed by atoms with Crippen molar-refractivity contribution in [3.63, 3.8) is 0 Å². The Hall–Kier alpha value is -2.08. The van der Waals surface area contributed by atoms with Crippen LogP contribution < -0.4 is 15.8 Å². The molecule has 2 aromatic carbocycles. The van der Waals surface area contributed by atoms with E-state index in [4.69, 9.17) is 10.5 Å². The van der Waals surface area contributed by atoms with Crippen molar-refractivity contribution in [1.29, 1.82) is 0 Å². The zero-order valence-corrected chi connectivity index (χ0v) is 12.2. The minimum Gasteiger partial charge on any atom is -0.496 e. The highest BCUT2D eigenvalue weighted by Crippen LogP contribution is 2.25. The molecule has 0 aliphatic carbocycles. The predicted octanol–water partition coefficient (Wildman–Crippen LogP) is 3.43. The largest absolute Gasteiger partial charge is 0.496 e. The van der Waals surface area contributed by atoms with E-state index in [0.717, 1.165) is 4.47 Å². The average Bonchev–Trinajstić information content (AvgIpc) is 2.42. The van der Waals surface area contributed by atoms with Crippen LogP contribution in [0.4, 0.5) is 15.8 Å². The van der Waals surface area contributed by atoms with Crippen molar-refractivity contribution < 1.29 is 13.9 Å². The molecule has 0 spiro atoms. The van der Waals surface area contributed by atoms with Crippen LogP contribution in [-0.4, -0.2) is 13.0 Å². The van der Waals surface area contributed by atoms with Gasteiger partial charge in [-0.1, -0.05) is 15.9 Å². The topological polar surface area (TPSA) is 64.3 Å². The minimum absolute atomic E-state index is 0.0226. The molecule has 20 heavy (non-hydrogen) atoms. The zero-order valence-electron chi connectivity index (χ0n) is 10.6. The van der Waals surface area contributed by atoms with E-state index in [1.165, 1.54) is 25.3 Å². The Morgan fingerprint density at radius 2 is 2.05 bits per heavy atom. The summed E-state index contributed by atoms with van der Waals surface area (Å²) in [6, 6.07) is 9.05. The van der Waals surface area contributed by atoms with Gasteiger partial charge in [0.15, 0.2) is 0 Å². The van der Waals surface area contributed by atoms with Gasteiger partial charge in [0.1, 0.15) is 11.6 Å². The first-order valence-corrected chi connectivity index (χ1v) is 6.50. The van der Waals surface area contributed by atoms with Crippen LogP contribution in [0.3, 0.4) is 0 Å². The number of anilines is 2. The number of ether oxygens (including phenoxy) is 1. The maximum Gasteiger partial charge on any atom is 0.259 e. The van der Waals surface area contributed by atoms with Crippen LogP contribution in [0.5, 0.6) is 5.75 Å². The van der Waals surface area contributed by atoms with Crippen molar-refractivity contribution in [3.8, 4) is 5.75 Å². The number of methoxy groups -OCH3 is 1. The Balaban J connectivity index is 2.25. The number of hydrogen-bond acceptors (Lipinski definition) is 3. The van der Waals surface area contributed by atoms with Crippen molar-refractivity contribution in [3.05, 3.63) is 52.3 Å². The first kappa shape index (κ1) is 14.3. The fraction of sp³-hybridized carbons (Fsp3) is 0.0714. The predicted molar refractivity (Wildman–Crippen MR) is 79.5 cm³/mol. The molecule has 2 rings (SSSR count). The van der Waals surface area contributed by atoms with Crippen LogP contribution in [0.15, 0.2) is 40.9 Å². The highest BCUT2D eigenvalue weighted by molar-refractivity contribution is 9.10. The number of benzene rings is 2. The van der Waals surface area contributed by atoms with E-state index in [0.29, 0.717) is 17.0 Å². The summed E-state index contributed by atoms with van der Waals surface area (Å²) in [7, 11) is 1.48. The molecular formula is C14H12BrFN2O2. The summed E-state index contributed by atoms with van der Waals surface area (Å²) in [5.41, 5.74) is 6.22. The van der Waals surface area contributed by atoms with Crippen LogP contribution in [0.2, 0.25) is 0 Å². The van der Waals surface area contributed by atoms with Gasteiger partial charge >= 0.3 is 0 Å². The summed E-state index contributed by atoms with van der Waals surface area (Å²) in [5.74, 6) is -0.448. The lowest BCUT2D eigenvalue weighted by Gasteiger charge is -2.10. The molecular weight excluding hydrogens is 327 g/mol. The zero-order chi connectivity index (χ0) is 14.7. The SMILES string of the molecule is COc1cc(Br)ccc1C(=O)Nc1ccc(F)c(N)c1. The van der Waals surface area contributed by atoms with Crippen LogP contribution in [-0.2, 0) is 0 Å². The number of nitrogen functional groups attached to an aromatic ring is 1. The van der Waals surface area contributed by atoms with Crippen molar-refractivity contribution in [2.75, 3.05) is 18.2 Å². The molecule has 0 aliphatic rings. The molecule has 0 saturated carbocycles. The van der Waals surface area contributed by atoms with Crippen molar-refractivity contribution >= 4 is 33.2 Å². The number of nitrogens with one attached hydrogen (secondary N) is 1. The Bertz CT molecular complexity index is 662. The second-order valence-electron chi connectivity index (χ2n) is 4.04. The van der Waals surface area contributed by atoms with E-state index in [1.54, 1.807) is 18.2 Å². The Labute approximate surface area is 123 Å². The fourth-order valence-electron chi connectivity index (χ4n) is 1.67. The summed E-state index contributed by atoms with van der Waals surface area (Å²) in [6.45, 7) is 0. The standard InChI is InChI=1S/C14H12BrFN2O2/c1-20-13-6-8(15)2-4-10(13)14(19)18-9-3-5-11(16)12(17)7-9/h2-7H,17H2,1H3,(H,18,19). The van der Waals surface area contributed by atoms with Gasteiger partial charge in [0, 0.05) is 10.2 Å². The molecule has 0 radical (unpaired) electrons. The molecule has 0 unspecified atom stereocenters. The Kier molecular flexibility index (Phi) is 4.24. The number of hydrogen-bond donors (Lipinski definition) is 2. The smallest absolute Gasteiger partial charge is 0.259 e. The summed E-state index contributed by atoms with van der Waals surface area (Å²) in [6.07, 6.45) is 0. The molecule has 0 fully saturated rings. The molecule has 4 nitrogen and oxygen atoms in total. The lowest BCUT2D eigenvalue weighted by molar-refractivity contribution is 0.102. The lowest BCUT2D eigenvalue weighted by Crippen LogP contribution is -2.13. The van der Waals surface area contributed by atoms with E-state index in [2.05, 4.69) is 21.2 Å². The number of amides is 1. The Morgan fingerprint density at radius 3 is 2.70 bits per heavy atom. The normalized spacial score (nSPS) is 10.2. The first-order chi connectivity index (χ1) is 9.51. The van der Waals surface area contributed by atoms with Gasteiger partial charge in [0.05, 0.1) is 18.4 Å². The molecule has 6 heteroatoms. The van der Waals surface area contributed by atoms with Crippen LogP contribution in [0, 0.1) is 5.82 Å². The highest BCUT2D eigenvalue weighted by Gasteiger charge is 2.13. The van der Waals surface area contributed by atoms with E-state index < -0.39 is 5.82 Å². The minimum atomic E-state index is -0.524. The summed E-state index contributed by atoms with van der Waals surface area (Å²) in [4.78, 5) is 12.2. The van der Waals surface area contributed by atoms with Crippen LogP contribution in [0.25, 0.3) is 0 Å².